The summed E-state index contributed by atoms with van der Waals surface area (Å²) in [4.78, 5) is 12.0. The maximum Gasteiger partial charge on any atom is 0.306 e. The van der Waals surface area contributed by atoms with Gasteiger partial charge in [0, 0.05) is 0 Å². The lowest BCUT2D eigenvalue weighted by Gasteiger charge is -2.22. The van der Waals surface area contributed by atoms with Gasteiger partial charge in [-0.3, -0.25) is 4.79 Å². The summed E-state index contributed by atoms with van der Waals surface area (Å²) in [5.74, 6) is -0.119. The van der Waals surface area contributed by atoms with Crippen molar-refractivity contribution in [2.75, 3.05) is 6.16 Å². The molecule has 0 aliphatic rings. The number of carbonyl (C=O) groups excluding carboxylic acids is 1. The van der Waals surface area contributed by atoms with Crippen molar-refractivity contribution < 1.29 is 9.53 Å². The smallest absolute Gasteiger partial charge is 0.306 e. The van der Waals surface area contributed by atoms with E-state index in [-0.39, 0.29) is 5.97 Å². The number of carbonyl (C=O) groups is 1. The lowest BCUT2D eigenvalue weighted by atomic mass is 10.2. The predicted molar refractivity (Wildman–Crippen MR) is 94.4 cm³/mol. The molecule has 116 valence electrons. The van der Waals surface area contributed by atoms with E-state index in [0.717, 1.165) is 6.16 Å². The van der Waals surface area contributed by atoms with Gasteiger partial charge in [0.1, 0.15) is 5.60 Å². The molecule has 0 bridgehead atoms. The summed E-state index contributed by atoms with van der Waals surface area (Å²) in [6, 6.07) is 20.9. The normalized spacial score (nSPS) is 11.5. The number of esters is 1. The molecule has 0 N–H and O–H groups in total. The molecule has 2 nitrogen and oxygen atoms in total. The van der Waals surface area contributed by atoms with Gasteiger partial charge in [-0.1, -0.05) is 60.7 Å². The Morgan fingerprint density at radius 2 is 1.36 bits per heavy atom. The molecule has 0 aliphatic carbocycles. The second kappa shape index (κ2) is 7.56. The van der Waals surface area contributed by atoms with E-state index >= 15 is 0 Å². The molecule has 3 heteroatoms. The highest BCUT2D eigenvalue weighted by atomic mass is 31.1. The summed E-state index contributed by atoms with van der Waals surface area (Å²) in [7, 11) is -0.526. The Labute approximate surface area is 134 Å². The van der Waals surface area contributed by atoms with Gasteiger partial charge in [0.25, 0.3) is 0 Å². The third-order valence-corrected chi connectivity index (χ3v) is 5.61. The Hall–Kier alpha value is -1.66. The predicted octanol–water partition coefficient (Wildman–Crippen LogP) is 3.85. The molecular weight excluding hydrogens is 291 g/mol. The summed E-state index contributed by atoms with van der Waals surface area (Å²) >= 11 is 0. The molecule has 0 unspecified atom stereocenters. The zero-order valence-corrected chi connectivity index (χ0v) is 14.3. The van der Waals surface area contributed by atoms with Gasteiger partial charge in [-0.05, 0) is 45.5 Å². The molecule has 0 fully saturated rings. The van der Waals surface area contributed by atoms with Crippen LogP contribution < -0.4 is 10.6 Å². The van der Waals surface area contributed by atoms with Crippen LogP contribution in [0.25, 0.3) is 0 Å². The Balaban J connectivity index is 2.11. The summed E-state index contributed by atoms with van der Waals surface area (Å²) < 4.78 is 5.43. The molecule has 0 heterocycles. The molecule has 0 aliphatic heterocycles. The molecule has 0 radical (unpaired) electrons. The molecular formula is C19H23O2P. The Kier molecular flexibility index (Phi) is 5.74. The van der Waals surface area contributed by atoms with Crippen LogP contribution in [0, 0.1) is 0 Å². The number of rotatable bonds is 5. The van der Waals surface area contributed by atoms with Crippen LogP contribution in [-0.2, 0) is 9.53 Å². The number of hydrogen-bond donors (Lipinski definition) is 0. The van der Waals surface area contributed by atoms with E-state index in [0.29, 0.717) is 6.42 Å². The summed E-state index contributed by atoms with van der Waals surface area (Å²) in [6.45, 7) is 5.71. The molecule has 2 aromatic rings. The van der Waals surface area contributed by atoms with Crippen LogP contribution in [0.4, 0.5) is 0 Å². The Morgan fingerprint density at radius 1 is 0.909 bits per heavy atom. The van der Waals surface area contributed by atoms with Crippen molar-refractivity contribution in [3.8, 4) is 0 Å². The number of benzene rings is 2. The van der Waals surface area contributed by atoms with Gasteiger partial charge in [0.15, 0.2) is 0 Å². The van der Waals surface area contributed by atoms with Crippen molar-refractivity contribution in [3.05, 3.63) is 60.7 Å². The molecule has 0 amide bonds. The van der Waals surface area contributed by atoms with Crippen molar-refractivity contribution in [3.63, 3.8) is 0 Å². The van der Waals surface area contributed by atoms with E-state index < -0.39 is 13.5 Å². The topological polar surface area (TPSA) is 26.3 Å². The second-order valence-corrected chi connectivity index (χ2v) is 8.50. The van der Waals surface area contributed by atoms with Gasteiger partial charge in [-0.15, -0.1) is 0 Å². The van der Waals surface area contributed by atoms with Crippen LogP contribution in [0.1, 0.15) is 27.2 Å². The lowest BCUT2D eigenvalue weighted by molar-refractivity contribution is -0.154. The third-order valence-electron chi connectivity index (χ3n) is 3.10. The minimum atomic E-state index is -0.526. The fourth-order valence-electron chi connectivity index (χ4n) is 2.22. The first-order valence-electron chi connectivity index (χ1n) is 7.55. The van der Waals surface area contributed by atoms with E-state index in [1.54, 1.807) is 0 Å². The maximum absolute atomic E-state index is 12.0. The molecule has 2 aromatic carbocycles. The molecule has 0 aromatic heterocycles. The zero-order valence-electron chi connectivity index (χ0n) is 13.5. The number of hydrogen-bond acceptors (Lipinski definition) is 2. The largest absolute Gasteiger partial charge is 0.460 e. The van der Waals surface area contributed by atoms with Crippen LogP contribution in [0.3, 0.4) is 0 Å². The summed E-state index contributed by atoms with van der Waals surface area (Å²) in [6.07, 6.45) is 1.27. The molecule has 0 spiro atoms. The highest BCUT2D eigenvalue weighted by Gasteiger charge is 2.19. The van der Waals surface area contributed by atoms with E-state index in [1.165, 1.54) is 10.6 Å². The molecule has 0 saturated carbocycles. The summed E-state index contributed by atoms with van der Waals surface area (Å²) in [5, 5.41) is 2.60. The lowest BCUT2D eigenvalue weighted by Crippen LogP contribution is -2.25. The highest BCUT2D eigenvalue weighted by Crippen LogP contribution is 2.34. The minimum absolute atomic E-state index is 0.119. The fourth-order valence-corrected chi connectivity index (χ4v) is 4.50. The van der Waals surface area contributed by atoms with Crippen molar-refractivity contribution in [2.45, 2.75) is 32.8 Å². The zero-order chi connectivity index (χ0) is 16.0. The highest BCUT2D eigenvalue weighted by molar-refractivity contribution is 7.73. The van der Waals surface area contributed by atoms with Crippen molar-refractivity contribution >= 4 is 24.5 Å². The molecule has 0 saturated heterocycles. The molecule has 2 rings (SSSR count). The first-order valence-corrected chi connectivity index (χ1v) is 9.08. The van der Waals surface area contributed by atoms with Crippen molar-refractivity contribution in [1.82, 2.24) is 0 Å². The SMILES string of the molecule is CC(C)(C)OC(=O)CCP(c1ccccc1)c1ccccc1. The van der Waals surface area contributed by atoms with Crippen LogP contribution in [0.5, 0.6) is 0 Å². The standard InChI is InChI=1S/C19H23O2P/c1-19(2,3)21-18(20)14-15-22(16-10-6-4-7-11-16)17-12-8-5-9-13-17/h4-13H,14-15H2,1-3H3. The molecule has 0 atom stereocenters. The molecule has 22 heavy (non-hydrogen) atoms. The monoisotopic (exact) mass is 314 g/mol. The average Bonchev–Trinajstić information content (AvgIpc) is 2.48. The first kappa shape index (κ1) is 16.7. The van der Waals surface area contributed by atoms with Gasteiger partial charge < -0.3 is 4.74 Å². The van der Waals surface area contributed by atoms with Crippen molar-refractivity contribution in [2.24, 2.45) is 0 Å². The average molecular weight is 314 g/mol. The first-order chi connectivity index (χ1) is 10.5. The van der Waals surface area contributed by atoms with E-state index in [4.69, 9.17) is 4.74 Å². The minimum Gasteiger partial charge on any atom is -0.460 e. The van der Waals surface area contributed by atoms with Crippen LogP contribution in [0.2, 0.25) is 0 Å². The van der Waals surface area contributed by atoms with Gasteiger partial charge >= 0.3 is 5.97 Å². The third kappa shape index (κ3) is 5.27. The van der Waals surface area contributed by atoms with Gasteiger partial charge in [0.05, 0.1) is 6.42 Å². The van der Waals surface area contributed by atoms with Crippen molar-refractivity contribution in [1.29, 1.82) is 0 Å². The second-order valence-electron chi connectivity index (χ2n) is 6.16. The van der Waals surface area contributed by atoms with Gasteiger partial charge in [-0.2, -0.15) is 0 Å². The van der Waals surface area contributed by atoms with Gasteiger partial charge in [0.2, 0.25) is 0 Å². The van der Waals surface area contributed by atoms with Crippen LogP contribution in [0.15, 0.2) is 60.7 Å². The van der Waals surface area contributed by atoms with E-state index in [9.17, 15) is 4.79 Å². The van der Waals surface area contributed by atoms with Gasteiger partial charge in [-0.25, -0.2) is 0 Å². The Bertz CT molecular complexity index is 548. The summed E-state index contributed by atoms with van der Waals surface area (Å²) in [5.41, 5.74) is -0.417. The van der Waals surface area contributed by atoms with Crippen LogP contribution >= 0.6 is 7.92 Å². The Morgan fingerprint density at radius 3 is 1.77 bits per heavy atom. The van der Waals surface area contributed by atoms with E-state index in [2.05, 4.69) is 48.5 Å². The fraction of sp³-hybridized carbons (Fsp3) is 0.316. The van der Waals surface area contributed by atoms with E-state index in [1.807, 2.05) is 32.9 Å². The maximum atomic E-state index is 12.0. The number of ether oxygens (including phenoxy) is 1. The van der Waals surface area contributed by atoms with Crippen LogP contribution in [-0.4, -0.2) is 17.7 Å². The quantitative estimate of drug-likeness (QED) is 0.619.